The van der Waals surface area contributed by atoms with Crippen molar-refractivity contribution in [2.75, 3.05) is 25.5 Å². The monoisotopic (exact) mass is 439 g/mol. The number of halogens is 1. The van der Waals surface area contributed by atoms with Gasteiger partial charge in [-0.25, -0.2) is 0 Å². The van der Waals surface area contributed by atoms with Gasteiger partial charge in [0.25, 0.3) is 5.91 Å². The van der Waals surface area contributed by atoms with Crippen LogP contribution in [0.25, 0.3) is 10.9 Å². The van der Waals surface area contributed by atoms with Crippen LogP contribution >= 0.6 is 11.6 Å². The first-order chi connectivity index (χ1) is 15.0. The average molecular weight is 440 g/mol. The summed E-state index contributed by atoms with van der Waals surface area (Å²) in [6, 6.07) is 13.0. The molecule has 0 spiro atoms. The van der Waals surface area contributed by atoms with Crippen molar-refractivity contribution in [3.8, 4) is 5.75 Å². The van der Waals surface area contributed by atoms with Crippen LogP contribution in [-0.4, -0.2) is 41.9 Å². The summed E-state index contributed by atoms with van der Waals surface area (Å²) >= 11 is 6.12. The summed E-state index contributed by atoms with van der Waals surface area (Å²) in [7, 11) is 1.55. The number of anilines is 1. The number of hydrogen-bond donors (Lipinski definition) is 2. The summed E-state index contributed by atoms with van der Waals surface area (Å²) < 4.78 is 5.13. The lowest BCUT2D eigenvalue weighted by atomic mass is 9.92. The number of fused-ring (bicyclic) bond motifs is 1. The Balaban J connectivity index is 1.32. The molecule has 0 saturated carbocycles. The maximum absolute atomic E-state index is 13.1. The number of H-pyrrole nitrogens is 1. The van der Waals surface area contributed by atoms with Crippen LogP contribution in [0.2, 0.25) is 5.02 Å². The molecule has 1 fully saturated rings. The van der Waals surface area contributed by atoms with Crippen LogP contribution in [0.5, 0.6) is 5.75 Å². The quantitative estimate of drug-likeness (QED) is 0.561. The van der Waals surface area contributed by atoms with Gasteiger partial charge in [0.05, 0.1) is 17.7 Å². The summed E-state index contributed by atoms with van der Waals surface area (Å²) in [5.74, 6) is 0.885. The fraction of sp³-hybridized carbons (Fsp3) is 0.333. The van der Waals surface area contributed by atoms with E-state index in [9.17, 15) is 9.59 Å². The van der Waals surface area contributed by atoms with Crippen LogP contribution in [-0.2, 0) is 4.79 Å². The van der Waals surface area contributed by atoms with Crippen molar-refractivity contribution in [1.29, 1.82) is 0 Å². The van der Waals surface area contributed by atoms with E-state index in [0.717, 1.165) is 36.7 Å². The maximum Gasteiger partial charge on any atom is 0.256 e. The minimum absolute atomic E-state index is 0.0543. The molecule has 2 aromatic carbocycles. The number of rotatable bonds is 6. The number of aromatic nitrogens is 1. The van der Waals surface area contributed by atoms with Crippen molar-refractivity contribution in [1.82, 2.24) is 9.88 Å². The first-order valence-corrected chi connectivity index (χ1v) is 10.9. The highest BCUT2D eigenvalue weighted by atomic mass is 35.5. The van der Waals surface area contributed by atoms with Gasteiger partial charge in [-0.05, 0) is 49.4 Å². The number of methoxy groups -OCH3 is 1. The molecule has 1 saturated heterocycles. The second-order valence-corrected chi connectivity index (χ2v) is 8.35. The minimum atomic E-state index is -0.0543. The number of benzene rings is 2. The number of nitrogens with zero attached hydrogens (tertiary/aromatic N) is 1. The summed E-state index contributed by atoms with van der Waals surface area (Å²) in [4.78, 5) is 30.6. The molecule has 1 aliphatic heterocycles. The van der Waals surface area contributed by atoms with Crippen LogP contribution in [0, 0.1) is 5.92 Å². The van der Waals surface area contributed by atoms with Crippen LogP contribution in [0.4, 0.5) is 5.69 Å². The van der Waals surface area contributed by atoms with Gasteiger partial charge in [-0.3, -0.25) is 9.59 Å². The van der Waals surface area contributed by atoms with E-state index in [1.807, 2.05) is 29.2 Å². The molecule has 2 N–H and O–H groups in total. The molecule has 0 bridgehead atoms. The molecule has 7 heteroatoms. The van der Waals surface area contributed by atoms with Gasteiger partial charge in [0, 0.05) is 42.3 Å². The number of likely N-dealkylation sites (tertiary alicyclic amines) is 1. The Morgan fingerprint density at radius 1 is 1.26 bits per heavy atom. The highest BCUT2D eigenvalue weighted by Gasteiger charge is 2.26. The van der Waals surface area contributed by atoms with Crippen LogP contribution < -0.4 is 10.1 Å². The standard InChI is InChI=1S/C24H26ClN3O3/c1-31-22-10-9-17(13-20(22)25)27-23(29)11-8-16-5-4-12-28(15-16)24(30)19-14-26-21-7-3-2-6-18(19)21/h2-3,6-7,9-10,13-14,16,26H,4-5,8,11-12,15H2,1H3,(H,27,29). The summed E-state index contributed by atoms with van der Waals surface area (Å²) in [6.07, 6.45) is 4.93. The Kier molecular flexibility index (Phi) is 6.47. The van der Waals surface area contributed by atoms with E-state index in [1.165, 1.54) is 0 Å². The Hall–Kier alpha value is -2.99. The fourth-order valence-corrected chi connectivity index (χ4v) is 4.46. The fourth-order valence-electron chi connectivity index (χ4n) is 4.21. The normalized spacial score (nSPS) is 16.3. The van der Waals surface area contributed by atoms with Crippen molar-refractivity contribution in [3.63, 3.8) is 0 Å². The minimum Gasteiger partial charge on any atom is -0.495 e. The summed E-state index contributed by atoms with van der Waals surface area (Å²) in [5, 5.41) is 4.29. The number of ether oxygens (including phenoxy) is 1. The third-order valence-electron chi connectivity index (χ3n) is 5.84. The number of para-hydroxylation sites is 1. The number of carbonyl (C=O) groups excluding carboxylic acids is 2. The molecule has 1 atom stereocenters. The van der Waals surface area contributed by atoms with Gasteiger partial charge in [-0.2, -0.15) is 0 Å². The Labute approximate surface area is 186 Å². The molecule has 6 nitrogen and oxygen atoms in total. The number of nitrogens with one attached hydrogen (secondary N) is 2. The highest BCUT2D eigenvalue weighted by molar-refractivity contribution is 6.32. The van der Waals surface area contributed by atoms with Gasteiger partial charge in [0.15, 0.2) is 0 Å². The van der Waals surface area contributed by atoms with Crippen LogP contribution in [0.15, 0.2) is 48.7 Å². The third-order valence-corrected chi connectivity index (χ3v) is 6.14. The van der Waals surface area contributed by atoms with Crippen molar-refractivity contribution < 1.29 is 14.3 Å². The second kappa shape index (κ2) is 9.43. The molecular formula is C24H26ClN3O3. The van der Waals surface area contributed by atoms with Crippen molar-refractivity contribution >= 4 is 40.0 Å². The smallest absolute Gasteiger partial charge is 0.256 e. The summed E-state index contributed by atoms with van der Waals surface area (Å²) in [6.45, 7) is 1.44. The molecule has 0 radical (unpaired) electrons. The zero-order valence-corrected chi connectivity index (χ0v) is 18.2. The molecule has 4 rings (SSSR count). The van der Waals surface area contributed by atoms with Gasteiger partial charge in [-0.1, -0.05) is 29.8 Å². The highest BCUT2D eigenvalue weighted by Crippen LogP contribution is 2.28. The first-order valence-electron chi connectivity index (χ1n) is 10.5. The van der Waals surface area contributed by atoms with Gasteiger partial charge in [0.2, 0.25) is 5.91 Å². The zero-order chi connectivity index (χ0) is 21.8. The van der Waals surface area contributed by atoms with E-state index in [0.29, 0.717) is 40.9 Å². The van der Waals surface area contributed by atoms with Crippen molar-refractivity contribution in [2.45, 2.75) is 25.7 Å². The van der Waals surface area contributed by atoms with Crippen molar-refractivity contribution in [2.24, 2.45) is 5.92 Å². The van der Waals surface area contributed by atoms with Gasteiger partial charge < -0.3 is 19.9 Å². The lowest BCUT2D eigenvalue weighted by molar-refractivity contribution is -0.116. The van der Waals surface area contributed by atoms with Gasteiger partial charge >= 0.3 is 0 Å². The molecule has 1 unspecified atom stereocenters. The molecule has 31 heavy (non-hydrogen) atoms. The number of carbonyl (C=O) groups is 2. The van der Waals surface area contributed by atoms with E-state index in [-0.39, 0.29) is 11.8 Å². The number of hydrogen-bond acceptors (Lipinski definition) is 3. The summed E-state index contributed by atoms with van der Waals surface area (Å²) in [5.41, 5.74) is 2.33. The van der Waals surface area contributed by atoms with E-state index in [2.05, 4.69) is 10.3 Å². The average Bonchev–Trinajstić information content (AvgIpc) is 3.22. The Morgan fingerprint density at radius 3 is 2.90 bits per heavy atom. The van der Waals surface area contributed by atoms with Gasteiger partial charge in [-0.15, -0.1) is 0 Å². The van der Waals surface area contributed by atoms with E-state index in [4.69, 9.17) is 16.3 Å². The van der Waals surface area contributed by atoms with E-state index >= 15 is 0 Å². The molecule has 0 aliphatic carbocycles. The molecule has 2 heterocycles. The third kappa shape index (κ3) is 4.85. The predicted molar refractivity (Wildman–Crippen MR) is 123 cm³/mol. The molecule has 2 amide bonds. The Morgan fingerprint density at radius 2 is 2.10 bits per heavy atom. The van der Waals surface area contributed by atoms with Crippen LogP contribution in [0.1, 0.15) is 36.0 Å². The molecule has 162 valence electrons. The molecule has 3 aromatic rings. The molecular weight excluding hydrogens is 414 g/mol. The maximum atomic E-state index is 13.1. The van der Waals surface area contributed by atoms with Crippen molar-refractivity contribution in [3.05, 3.63) is 59.2 Å². The number of piperidine rings is 1. The topological polar surface area (TPSA) is 74.4 Å². The lowest BCUT2D eigenvalue weighted by Gasteiger charge is -2.32. The second-order valence-electron chi connectivity index (χ2n) is 7.94. The van der Waals surface area contributed by atoms with Gasteiger partial charge in [0.1, 0.15) is 5.75 Å². The SMILES string of the molecule is COc1ccc(NC(=O)CCC2CCCN(C(=O)c3c[nH]c4ccccc34)C2)cc1Cl. The number of aromatic amines is 1. The van der Waals surface area contributed by atoms with Crippen LogP contribution in [0.3, 0.4) is 0 Å². The Bertz CT molecular complexity index is 1090. The zero-order valence-electron chi connectivity index (χ0n) is 17.5. The molecule has 1 aromatic heterocycles. The van der Waals surface area contributed by atoms with E-state index in [1.54, 1.807) is 31.5 Å². The largest absolute Gasteiger partial charge is 0.495 e. The first kappa shape index (κ1) is 21.2. The predicted octanol–water partition coefficient (Wildman–Crippen LogP) is 5.10. The van der Waals surface area contributed by atoms with E-state index < -0.39 is 0 Å². The number of amides is 2. The molecule has 1 aliphatic rings. The lowest BCUT2D eigenvalue weighted by Crippen LogP contribution is -2.40.